The first-order valence-corrected chi connectivity index (χ1v) is 42.1. The lowest BCUT2D eigenvalue weighted by atomic mass is 9.84. The average Bonchev–Trinajstić information content (AvgIpc) is 1.05. The highest BCUT2D eigenvalue weighted by atomic mass is 16.7. The van der Waals surface area contributed by atoms with Crippen molar-refractivity contribution in [3.63, 3.8) is 0 Å². The Balaban J connectivity index is 0.649. The number of aliphatic hydroxyl groups is 10. The van der Waals surface area contributed by atoms with Crippen LogP contribution in [0.4, 0.5) is 0 Å². The number of carbonyl (C=O) groups excluding carboxylic acids is 4. The number of hydrogen-bond acceptors (Lipinski definition) is 33. The van der Waals surface area contributed by atoms with E-state index in [9.17, 15) is 70.2 Å². The van der Waals surface area contributed by atoms with Gasteiger partial charge in [-0.05, 0) is 76.0 Å². The van der Waals surface area contributed by atoms with Gasteiger partial charge in [-0.3, -0.25) is 19.2 Å². The smallest absolute Gasteiger partial charge is 0.251 e. The molecule has 8 aliphatic rings. The Morgan fingerprint density at radius 2 is 0.795 bits per heavy atom. The summed E-state index contributed by atoms with van der Waals surface area (Å²) in [6, 6.07) is -2.56. The summed E-state index contributed by atoms with van der Waals surface area (Å²) in [5.74, 6) is -1.92. The van der Waals surface area contributed by atoms with Crippen LogP contribution in [-0.4, -0.2) is 368 Å². The largest absolute Gasteiger partial charge is 0.394 e. The minimum absolute atomic E-state index is 0.0383. The van der Waals surface area contributed by atoms with Gasteiger partial charge in [-0.15, -0.1) is 10.2 Å². The molecule has 10 unspecified atom stereocenters. The number of amides is 4. The molecule has 39 nitrogen and oxygen atoms in total. The second-order valence-electron chi connectivity index (χ2n) is 33.2. The van der Waals surface area contributed by atoms with Gasteiger partial charge in [-0.2, -0.15) is 0 Å². The van der Waals surface area contributed by atoms with Crippen LogP contribution < -0.4 is 10.6 Å². The molecule has 4 saturated carbocycles. The Kier molecular flexibility index (Phi) is 37.6. The van der Waals surface area contributed by atoms with Crippen molar-refractivity contribution < 1.29 is 141 Å². The van der Waals surface area contributed by atoms with Crippen LogP contribution in [0.15, 0.2) is 12.4 Å². The highest BCUT2D eigenvalue weighted by molar-refractivity contribution is 5.81. The maximum atomic E-state index is 14.3. The Bertz CT molecular complexity index is 3060. The maximum Gasteiger partial charge on any atom is 0.251 e. The van der Waals surface area contributed by atoms with Crippen molar-refractivity contribution in [2.45, 2.75) is 329 Å². The highest BCUT2D eigenvalue weighted by Gasteiger charge is 2.55. The molecule has 28 atom stereocenters. The van der Waals surface area contributed by atoms with Crippen LogP contribution in [0.1, 0.15) is 155 Å². The molecule has 668 valence electrons. The van der Waals surface area contributed by atoms with E-state index in [1.165, 1.54) is 31.6 Å². The topological polar surface area (TPSA) is 501 Å². The van der Waals surface area contributed by atoms with Gasteiger partial charge in [0.2, 0.25) is 11.8 Å². The molecule has 12 N–H and O–H groups in total. The molecule has 4 amide bonds. The lowest BCUT2D eigenvalue weighted by Gasteiger charge is -2.48. The number of nitrogens with zero attached hydrogens (tertiary/aromatic N) is 8. The summed E-state index contributed by atoms with van der Waals surface area (Å²) in [5, 5.41) is 132. The molecular formula is C78H132N10O29. The summed E-state index contributed by atoms with van der Waals surface area (Å²) >= 11 is 0. The molecule has 0 aromatic carbocycles. The van der Waals surface area contributed by atoms with Crippen LogP contribution in [0.25, 0.3) is 0 Å². The Hall–Kier alpha value is -4.84. The van der Waals surface area contributed by atoms with Crippen molar-refractivity contribution in [2.24, 2.45) is 23.7 Å². The van der Waals surface area contributed by atoms with Crippen molar-refractivity contribution in [2.75, 3.05) is 94.3 Å². The summed E-state index contributed by atoms with van der Waals surface area (Å²) in [6.45, 7) is 6.96. The molecule has 6 heterocycles. The maximum absolute atomic E-state index is 14.3. The molecule has 117 heavy (non-hydrogen) atoms. The molecule has 0 spiro atoms. The minimum Gasteiger partial charge on any atom is -0.394 e. The first-order valence-electron chi connectivity index (χ1n) is 42.1. The van der Waals surface area contributed by atoms with Crippen LogP contribution in [0.2, 0.25) is 0 Å². The number of ether oxygens (including phenoxy) is 15. The van der Waals surface area contributed by atoms with Crippen molar-refractivity contribution in [3.8, 4) is 0 Å². The Labute approximate surface area is 683 Å². The van der Waals surface area contributed by atoms with Gasteiger partial charge in [-0.25, -0.2) is 9.36 Å². The van der Waals surface area contributed by atoms with Gasteiger partial charge < -0.3 is 143 Å². The fourth-order valence-corrected chi connectivity index (χ4v) is 17.0. The number of carbonyl (C=O) groups is 4. The summed E-state index contributed by atoms with van der Waals surface area (Å²) < 4.78 is 95.2. The Morgan fingerprint density at radius 3 is 1.15 bits per heavy atom. The van der Waals surface area contributed by atoms with Gasteiger partial charge in [-0.1, -0.05) is 101 Å². The first kappa shape index (κ1) is 94.4. The normalized spacial score (nSPS) is 35.3. The lowest BCUT2D eigenvalue weighted by molar-refractivity contribution is -0.336. The fraction of sp³-hybridized carbons (Fsp3) is 0.897. The van der Waals surface area contributed by atoms with E-state index in [0.29, 0.717) is 62.8 Å². The van der Waals surface area contributed by atoms with E-state index < -0.39 is 184 Å². The van der Waals surface area contributed by atoms with Gasteiger partial charge in [0.05, 0.1) is 128 Å². The predicted molar refractivity (Wildman–Crippen MR) is 407 cm³/mol. The number of nitrogens with one attached hydrogen (secondary N) is 2. The zero-order valence-electron chi connectivity index (χ0n) is 68.9. The minimum atomic E-state index is -1.59. The molecule has 4 aliphatic carbocycles. The SMILES string of the molecule is CC1O[C@@H](O[C@@H]2C(C)CCC[C@H]2O[C@@H]2O[C@@H](CO)[C@H](O)C(O[C@@H](CC3CCCCC3)C(=O)N(C)C)C2NC(=O)Cn2cc(COCCOCCOCCOCCOCc3cn(CC(=O)NC4C(O[C@@H](CC5CCCCC5)C(=O)N(C)C)[C@@H](O)[C@H](CO)O[C@H]4O[C@@H]4CCCC(C)[C@H]4O[C@@H]4OC(C)[C@@H](O)C(O)[C@@H]4O)nn3)nn2)[C@@H](O)C(O)[C@@H]1O. The number of hydrogen-bond donors (Lipinski definition) is 12. The number of rotatable bonds is 42. The number of aromatic nitrogens is 6. The third kappa shape index (κ3) is 26.6. The monoisotopic (exact) mass is 1670 g/mol. The molecule has 39 heteroatoms. The Morgan fingerprint density at radius 1 is 0.436 bits per heavy atom. The molecule has 10 rings (SSSR count). The average molecular weight is 1670 g/mol. The zero-order chi connectivity index (χ0) is 84.0. The number of likely N-dealkylation sites (N-methyl/N-ethyl adjacent to an activating group) is 2. The van der Waals surface area contributed by atoms with E-state index in [1.54, 1.807) is 42.0 Å². The molecule has 0 radical (unpaired) electrons. The fourth-order valence-electron chi connectivity index (χ4n) is 17.0. The van der Waals surface area contributed by atoms with Gasteiger partial charge in [0.1, 0.15) is 122 Å². The second kappa shape index (κ2) is 46.6. The molecule has 4 aliphatic heterocycles. The van der Waals surface area contributed by atoms with Crippen molar-refractivity contribution in [1.82, 2.24) is 50.4 Å². The van der Waals surface area contributed by atoms with Crippen LogP contribution in [0.5, 0.6) is 0 Å². The van der Waals surface area contributed by atoms with Crippen molar-refractivity contribution in [1.29, 1.82) is 0 Å². The third-order valence-electron chi connectivity index (χ3n) is 23.7. The van der Waals surface area contributed by atoms with Crippen LogP contribution in [0, 0.1) is 23.7 Å². The quantitative estimate of drug-likeness (QED) is 0.0328. The van der Waals surface area contributed by atoms with Crippen LogP contribution in [0.3, 0.4) is 0 Å². The van der Waals surface area contributed by atoms with Gasteiger partial charge in [0.15, 0.2) is 25.2 Å². The molecule has 2 aromatic rings. The van der Waals surface area contributed by atoms with E-state index in [2.05, 4.69) is 31.3 Å². The predicted octanol–water partition coefficient (Wildman–Crippen LogP) is -1.76. The van der Waals surface area contributed by atoms with E-state index in [1.807, 2.05) is 13.8 Å². The first-order chi connectivity index (χ1) is 56.2. The molecule has 2 aromatic heterocycles. The second-order valence-corrected chi connectivity index (χ2v) is 33.2. The van der Waals surface area contributed by atoms with E-state index in [0.717, 1.165) is 64.2 Å². The van der Waals surface area contributed by atoms with Crippen LogP contribution in [-0.2, 0) is 117 Å². The third-order valence-corrected chi connectivity index (χ3v) is 23.7. The lowest BCUT2D eigenvalue weighted by Crippen LogP contribution is -2.67. The standard InChI is InChI=1S/C78H132N10O29/c1-43-17-15-23-51(69(43)116-77-67(99)65(97)61(93)45(3)108-77)112-75-59(71(63(95)55(39-89)114-75)110-53(73(101)85(5)6)33-47-19-11-9-12-20-47)79-57(91)37-87-35-49(81-83-87)41-106-31-29-104-27-25-103-26-28-105-30-32-107-42-50-36-88(84-82-50)38-58(92)80-60-72(111-54(74(102)86(7)8)34-48-21-13-10-14-22-48)64(96)56(40-90)115-76(60)113-52-24-16-18-44(2)70(52)117-78-68(100)66(98)62(94)46(4)109-78/h35-36,43-48,51-56,59-72,75-78,89-90,93-100H,9-34,37-42H2,1-8H3,(H,79,91)(H,80,92)/t43?,44?,45?,46?,51-,52-,53+,54+,55+,56+,59?,60?,61-,62-,63+,64+,65?,66?,67+,68+,69-,70-,71?,72?,75-,76-,77+,78+/m1/s1. The van der Waals surface area contributed by atoms with Crippen molar-refractivity contribution >= 4 is 23.6 Å². The molecular weight excluding hydrogens is 1540 g/mol. The highest BCUT2D eigenvalue weighted by Crippen LogP contribution is 2.40. The van der Waals surface area contributed by atoms with Gasteiger partial charge in [0, 0.05) is 28.2 Å². The van der Waals surface area contributed by atoms with Crippen LogP contribution >= 0.6 is 0 Å². The molecule has 8 fully saturated rings. The summed E-state index contributed by atoms with van der Waals surface area (Å²) in [6.07, 6.45) is -12.5. The van der Waals surface area contributed by atoms with Crippen molar-refractivity contribution in [3.05, 3.63) is 23.8 Å². The van der Waals surface area contributed by atoms with Gasteiger partial charge >= 0.3 is 0 Å². The number of aliphatic hydroxyl groups excluding tert-OH is 10. The van der Waals surface area contributed by atoms with E-state index in [4.69, 9.17) is 71.1 Å². The summed E-state index contributed by atoms with van der Waals surface area (Å²) in [4.78, 5) is 59.3. The van der Waals surface area contributed by atoms with E-state index in [-0.39, 0.29) is 115 Å². The summed E-state index contributed by atoms with van der Waals surface area (Å²) in [7, 11) is 6.47. The summed E-state index contributed by atoms with van der Waals surface area (Å²) in [5.41, 5.74) is 0.825. The molecule has 4 saturated heterocycles. The van der Waals surface area contributed by atoms with Gasteiger partial charge in [0.25, 0.3) is 11.8 Å². The van der Waals surface area contributed by atoms with E-state index >= 15 is 0 Å². The zero-order valence-corrected chi connectivity index (χ0v) is 68.9. The molecule has 0 bridgehead atoms.